The summed E-state index contributed by atoms with van der Waals surface area (Å²) >= 11 is 1.38. The second-order valence-electron chi connectivity index (χ2n) is 15.5. The number of thiazole rings is 1. The Morgan fingerprint density at radius 2 is 1.96 bits per heavy atom. The summed E-state index contributed by atoms with van der Waals surface area (Å²) in [6.45, 7) is 4.16. The van der Waals surface area contributed by atoms with Crippen LogP contribution in [0.25, 0.3) is 21.6 Å². The van der Waals surface area contributed by atoms with Crippen molar-refractivity contribution in [3.8, 4) is 34.5 Å². The molecule has 3 heterocycles. The van der Waals surface area contributed by atoms with Crippen molar-refractivity contribution in [3.63, 3.8) is 0 Å². The van der Waals surface area contributed by atoms with Crippen molar-refractivity contribution in [3.05, 3.63) is 47.0 Å². The molecule has 54 heavy (non-hydrogen) atoms. The minimum Gasteiger partial charge on any atom is -0.496 e. The molecule has 0 radical (unpaired) electrons. The first kappa shape index (κ1) is 37.8. The van der Waals surface area contributed by atoms with Gasteiger partial charge in [0.2, 0.25) is 21.8 Å². The summed E-state index contributed by atoms with van der Waals surface area (Å²) in [5.41, 5.74) is 1.21. The Hall–Kier alpha value is -4.48. The number of allylic oxidation sites excluding steroid dienone is 1. The van der Waals surface area contributed by atoms with Crippen molar-refractivity contribution >= 4 is 50.0 Å². The smallest absolute Gasteiger partial charge is 0.259 e. The number of hydrogen-bond donors (Lipinski definition) is 2. The lowest BCUT2D eigenvalue weighted by atomic mass is 9.75. The zero-order valence-electron chi connectivity index (χ0n) is 31.1. The maximum Gasteiger partial charge on any atom is 0.259 e. The monoisotopic (exact) mass is 773 g/mol. The minimum atomic E-state index is -3.93. The molecule has 0 bridgehead atoms. The molecule has 14 heteroatoms. The zero-order valence-corrected chi connectivity index (χ0v) is 32.8. The van der Waals surface area contributed by atoms with Gasteiger partial charge in [-0.15, -0.1) is 17.8 Å². The van der Waals surface area contributed by atoms with Crippen molar-refractivity contribution in [1.29, 1.82) is 0 Å². The first-order chi connectivity index (χ1) is 25.8. The molecule has 3 aliphatic carbocycles. The van der Waals surface area contributed by atoms with Crippen LogP contribution < -0.4 is 19.5 Å². The highest BCUT2D eigenvalue weighted by atomic mass is 32.2. The van der Waals surface area contributed by atoms with Crippen LogP contribution in [0.15, 0.2) is 35.7 Å². The predicted octanol–water partition coefficient (Wildman–Crippen LogP) is 5.28. The molecule has 12 nitrogen and oxygen atoms in total. The number of sulfonamides is 1. The largest absolute Gasteiger partial charge is 0.496 e. The highest BCUT2D eigenvalue weighted by molar-refractivity contribution is 7.91. The third kappa shape index (κ3) is 7.32. The number of terminal acetylenes is 1. The number of nitrogens with one attached hydrogen (secondary N) is 2. The van der Waals surface area contributed by atoms with Crippen LogP contribution in [0, 0.1) is 37.0 Å². The first-order valence-corrected chi connectivity index (χ1v) is 21.0. The van der Waals surface area contributed by atoms with E-state index in [9.17, 15) is 22.8 Å². The summed E-state index contributed by atoms with van der Waals surface area (Å²) in [6, 6.07) is 5.61. The molecule has 5 atom stereocenters. The molecule has 2 N–H and O–H groups in total. The highest BCUT2D eigenvalue weighted by Crippen LogP contribution is 2.48. The van der Waals surface area contributed by atoms with E-state index in [1.165, 1.54) is 11.3 Å². The van der Waals surface area contributed by atoms with Crippen LogP contribution >= 0.6 is 11.3 Å². The lowest BCUT2D eigenvalue weighted by Gasteiger charge is -2.37. The molecule has 3 fully saturated rings. The third-order valence-electron chi connectivity index (χ3n) is 11.8. The molecule has 2 aromatic heterocycles. The minimum absolute atomic E-state index is 0.0351. The number of aryl methyl sites for hydroxylation is 1. The van der Waals surface area contributed by atoms with Crippen LogP contribution in [-0.2, 0) is 24.4 Å². The van der Waals surface area contributed by atoms with E-state index in [1.807, 2.05) is 37.3 Å². The number of fused-ring (bicyclic) bond motifs is 3. The van der Waals surface area contributed by atoms with Crippen molar-refractivity contribution in [2.75, 3.05) is 20.7 Å². The van der Waals surface area contributed by atoms with Gasteiger partial charge in [0.25, 0.3) is 5.91 Å². The van der Waals surface area contributed by atoms with Gasteiger partial charge in [-0.25, -0.2) is 18.4 Å². The van der Waals surface area contributed by atoms with Crippen LogP contribution in [0.5, 0.6) is 11.5 Å². The molecular weight excluding hydrogens is 727 g/mol. The average molecular weight is 774 g/mol. The zero-order chi connectivity index (χ0) is 38.4. The van der Waals surface area contributed by atoms with Gasteiger partial charge in [-0.2, -0.15) is 0 Å². The number of pyridine rings is 1. The van der Waals surface area contributed by atoms with Crippen LogP contribution in [0.2, 0.25) is 0 Å². The fraction of sp³-hybridized carbons (Fsp3) is 0.525. The summed E-state index contributed by atoms with van der Waals surface area (Å²) in [6.07, 6.45) is 14.4. The Kier molecular flexibility index (Phi) is 10.3. The van der Waals surface area contributed by atoms with Gasteiger partial charge >= 0.3 is 0 Å². The van der Waals surface area contributed by atoms with E-state index in [4.69, 9.17) is 20.9 Å². The van der Waals surface area contributed by atoms with Crippen LogP contribution in [0.3, 0.4) is 0 Å². The van der Waals surface area contributed by atoms with Gasteiger partial charge in [0.05, 0.1) is 23.5 Å². The summed E-state index contributed by atoms with van der Waals surface area (Å²) in [4.78, 5) is 53.1. The number of amides is 3. The Bertz CT molecular complexity index is 2170. The van der Waals surface area contributed by atoms with Crippen LogP contribution in [-0.4, -0.2) is 78.1 Å². The first-order valence-electron chi connectivity index (χ1n) is 18.6. The van der Waals surface area contributed by atoms with Crippen molar-refractivity contribution in [1.82, 2.24) is 24.9 Å². The Balaban J connectivity index is 1.20. The number of rotatable bonds is 7. The van der Waals surface area contributed by atoms with E-state index < -0.39 is 38.2 Å². The molecule has 1 aromatic carbocycles. The fourth-order valence-corrected chi connectivity index (χ4v) is 9.80. The summed E-state index contributed by atoms with van der Waals surface area (Å²) < 4.78 is 40.0. The van der Waals surface area contributed by atoms with Gasteiger partial charge in [-0.1, -0.05) is 12.2 Å². The molecule has 7 rings (SSSR count). The fourth-order valence-electron chi connectivity index (χ4n) is 7.76. The topological polar surface area (TPSA) is 157 Å². The molecule has 3 aromatic rings. The number of aromatic nitrogens is 2. The summed E-state index contributed by atoms with van der Waals surface area (Å²) in [5.74, 6) is 1.35. The van der Waals surface area contributed by atoms with Gasteiger partial charge < -0.3 is 19.7 Å². The normalized spacial score (nSPS) is 27.6. The molecule has 4 aliphatic rings. The Morgan fingerprint density at radius 1 is 1.17 bits per heavy atom. The Morgan fingerprint density at radius 3 is 2.69 bits per heavy atom. The Labute approximate surface area is 320 Å². The van der Waals surface area contributed by atoms with E-state index in [1.54, 1.807) is 31.4 Å². The number of hydrogen-bond acceptors (Lipinski definition) is 10. The van der Waals surface area contributed by atoms with Gasteiger partial charge in [0.15, 0.2) is 0 Å². The maximum atomic E-state index is 14.5. The molecule has 1 aliphatic heterocycles. The summed E-state index contributed by atoms with van der Waals surface area (Å²) in [7, 11) is -0.525. The summed E-state index contributed by atoms with van der Waals surface area (Å²) in [5, 5.41) is 6.24. The second-order valence-corrected chi connectivity index (χ2v) is 18.6. The van der Waals surface area contributed by atoms with Gasteiger partial charge in [-0.3, -0.25) is 19.1 Å². The molecule has 0 unspecified atom stereocenters. The van der Waals surface area contributed by atoms with Crippen molar-refractivity contribution in [2.45, 2.75) is 94.4 Å². The number of methoxy groups -OCH3 is 1. The number of ether oxygens (including phenoxy) is 2. The lowest BCUT2D eigenvalue weighted by molar-refractivity contribution is -0.137. The second kappa shape index (κ2) is 14.6. The molecule has 0 spiro atoms. The number of nitrogens with zero attached hydrogens (tertiary/aromatic N) is 3. The van der Waals surface area contributed by atoms with E-state index >= 15 is 0 Å². The number of carbonyl (C=O) groups is 3. The van der Waals surface area contributed by atoms with Crippen LogP contribution in [0.4, 0.5) is 0 Å². The highest BCUT2D eigenvalue weighted by Gasteiger charge is 2.63. The average Bonchev–Trinajstić information content (AvgIpc) is 4.01. The number of carbonyl (C=O) groups excluding carboxylic acids is 3. The molecule has 0 saturated heterocycles. The molecular formula is C40H47N5O7S2. The standard InChI is InChI=1S/C40H47N5O7S2/c1-6-27-23-53-37(41-27)31-21-33(29-14-15-32(51-5)24(2)35(29)42-31)52-28-13-12-25-19-34(46)45(4)18-10-8-7-9-11-26-22-40(26,43-36(47)30(25)20-28)38(48)44-54(49,50)39(3)16-17-39/h1,9,11,14-15,21,23,25-26,28,30H,7-8,10,12-13,16-20,22H2,2-5H3,(H,43,47)(H,44,48)/b11-9-/t25-,26+,28-,30+,40+/m0/s1. The third-order valence-corrected chi connectivity index (χ3v) is 14.8. The van der Waals surface area contributed by atoms with E-state index in [0.29, 0.717) is 72.1 Å². The quantitative estimate of drug-likeness (QED) is 0.241. The van der Waals surface area contributed by atoms with Gasteiger partial charge in [-0.05, 0) is 95.6 Å². The van der Waals surface area contributed by atoms with Crippen molar-refractivity contribution in [2.24, 2.45) is 17.8 Å². The molecule has 3 amide bonds. The van der Waals surface area contributed by atoms with Crippen LogP contribution in [0.1, 0.15) is 82.4 Å². The SMILES string of the molecule is C#Cc1csc(-c2cc(O[C@H]3CC[C@H]4CC(=O)N(C)CCCC/C=C\[C@@H]5C[C@@]5(C(=O)NS(=O)(=O)C5(C)CC5)NC(=O)[C@@H]4C3)c3ccc(OC)c(C)c3n2)n1. The lowest BCUT2D eigenvalue weighted by Crippen LogP contribution is -2.55. The van der Waals surface area contributed by atoms with E-state index in [0.717, 1.165) is 30.2 Å². The van der Waals surface area contributed by atoms with E-state index in [-0.39, 0.29) is 36.5 Å². The number of benzene rings is 1. The van der Waals surface area contributed by atoms with Gasteiger partial charge in [0.1, 0.15) is 33.4 Å². The molecule has 286 valence electrons. The van der Waals surface area contributed by atoms with Gasteiger partial charge in [0, 0.05) is 54.2 Å². The molecule has 3 saturated carbocycles. The maximum absolute atomic E-state index is 14.5. The predicted molar refractivity (Wildman–Crippen MR) is 206 cm³/mol. The van der Waals surface area contributed by atoms with Crippen molar-refractivity contribution < 1.29 is 32.3 Å². The van der Waals surface area contributed by atoms with E-state index in [2.05, 4.69) is 20.9 Å².